The fourth-order valence-electron chi connectivity index (χ4n) is 1.30. The van der Waals surface area contributed by atoms with Gasteiger partial charge in [0.05, 0.1) is 0 Å². The molecule has 1 rings (SSSR count). The topological polar surface area (TPSA) is 0 Å². The van der Waals surface area contributed by atoms with Gasteiger partial charge in [0.25, 0.3) is 5.92 Å². The summed E-state index contributed by atoms with van der Waals surface area (Å²) in [6.45, 7) is -5.36. The van der Waals surface area contributed by atoms with Crippen molar-refractivity contribution < 1.29 is 86.3 Å². The molecule has 0 saturated carbocycles. The second kappa shape index (κ2) is 6.42. The van der Waals surface area contributed by atoms with Crippen molar-refractivity contribution in [3.8, 4) is 0 Å². The fourth-order valence-corrected chi connectivity index (χ4v) is 1.30. The SMILES string of the molecule is F[B-](F)(F)c1ccc(C(F)(F)CC(F)(F)F)cc1.[K+]. The molecular weight excluding hydrogens is 310 g/mol. The van der Waals surface area contributed by atoms with Crippen molar-refractivity contribution in [3.05, 3.63) is 29.8 Å². The number of halogens is 8. The van der Waals surface area contributed by atoms with Crippen molar-refractivity contribution in [1.29, 1.82) is 0 Å². The second-order valence-corrected chi connectivity index (χ2v) is 3.69. The largest absolute Gasteiger partial charge is 1.00 e. The summed E-state index contributed by atoms with van der Waals surface area (Å²) in [4.78, 5) is 0. The molecule has 0 bridgehead atoms. The Morgan fingerprint density at radius 2 is 1.26 bits per heavy atom. The average Bonchev–Trinajstić information content (AvgIpc) is 2.13. The zero-order valence-electron chi connectivity index (χ0n) is 9.62. The maximum Gasteiger partial charge on any atom is 1.00 e. The molecule has 0 N–H and O–H groups in total. The first-order valence-corrected chi connectivity index (χ1v) is 4.67. The molecule has 0 amide bonds. The molecule has 0 aliphatic carbocycles. The number of benzene rings is 1. The minimum absolute atomic E-state index is 0. The van der Waals surface area contributed by atoms with E-state index in [0.29, 0.717) is 24.3 Å². The summed E-state index contributed by atoms with van der Waals surface area (Å²) in [7, 11) is 0. The summed E-state index contributed by atoms with van der Waals surface area (Å²) in [6.07, 6.45) is -7.51. The van der Waals surface area contributed by atoms with Crippen LogP contribution in [0.5, 0.6) is 0 Å². The predicted molar refractivity (Wildman–Crippen MR) is 49.7 cm³/mol. The van der Waals surface area contributed by atoms with E-state index in [-0.39, 0.29) is 51.4 Å². The summed E-state index contributed by atoms with van der Waals surface area (Å²) in [6, 6.07) is 1.41. The van der Waals surface area contributed by atoms with Crippen LogP contribution < -0.4 is 56.8 Å². The molecule has 19 heavy (non-hydrogen) atoms. The van der Waals surface area contributed by atoms with Crippen molar-refractivity contribution in [2.45, 2.75) is 18.5 Å². The van der Waals surface area contributed by atoms with Crippen LogP contribution in [0.25, 0.3) is 0 Å². The third-order valence-corrected chi connectivity index (χ3v) is 2.13. The normalized spacial score (nSPS) is 13.1. The Hall–Kier alpha value is 0.361. The van der Waals surface area contributed by atoms with Gasteiger partial charge in [-0.25, -0.2) is 8.78 Å². The Labute approximate surface area is 146 Å². The average molecular weight is 316 g/mol. The Morgan fingerprint density at radius 1 is 0.842 bits per heavy atom. The van der Waals surface area contributed by atoms with Crippen LogP contribution in [0.15, 0.2) is 24.3 Å². The van der Waals surface area contributed by atoms with Crippen LogP contribution in [0, 0.1) is 0 Å². The molecular formula is C9H6BF8K. The molecule has 1 aromatic rings. The first-order chi connectivity index (χ1) is 7.92. The molecule has 0 saturated heterocycles. The van der Waals surface area contributed by atoms with Crippen molar-refractivity contribution in [2.75, 3.05) is 0 Å². The Bertz CT molecular complexity index is 408. The molecule has 0 aliphatic heterocycles. The number of hydrogen-bond donors (Lipinski definition) is 0. The van der Waals surface area contributed by atoms with E-state index < -0.39 is 36.5 Å². The van der Waals surface area contributed by atoms with Gasteiger partial charge in [-0.05, 0) is 0 Å². The first kappa shape index (κ1) is 19.4. The van der Waals surface area contributed by atoms with E-state index in [1.54, 1.807) is 0 Å². The molecule has 0 spiro atoms. The molecule has 0 aromatic heterocycles. The number of alkyl halides is 5. The predicted octanol–water partition coefficient (Wildman–Crippen LogP) is 0.789. The fraction of sp³-hybridized carbons (Fsp3) is 0.333. The third-order valence-electron chi connectivity index (χ3n) is 2.13. The molecule has 0 aliphatic rings. The summed E-state index contributed by atoms with van der Waals surface area (Å²) >= 11 is 0. The second-order valence-electron chi connectivity index (χ2n) is 3.69. The smallest absolute Gasteiger partial charge is 0.445 e. The van der Waals surface area contributed by atoms with Gasteiger partial charge in [-0.2, -0.15) is 13.2 Å². The summed E-state index contributed by atoms with van der Waals surface area (Å²) in [5.41, 5.74) is -2.23. The van der Waals surface area contributed by atoms with Crippen molar-refractivity contribution in [1.82, 2.24) is 0 Å². The van der Waals surface area contributed by atoms with E-state index in [1.807, 2.05) is 0 Å². The van der Waals surface area contributed by atoms with Gasteiger partial charge in [0, 0.05) is 5.56 Å². The van der Waals surface area contributed by atoms with Crippen LogP contribution in [0.2, 0.25) is 0 Å². The first-order valence-electron chi connectivity index (χ1n) is 4.67. The van der Waals surface area contributed by atoms with Gasteiger partial charge in [-0.15, -0.1) is 5.46 Å². The summed E-state index contributed by atoms with van der Waals surface area (Å²) in [5, 5.41) is 0. The van der Waals surface area contributed by atoms with Gasteiger partial charge < -0.3 is 12.9 Å². The molecule has 0 nitrogen and oxygen atoms in total. The van der Waals surface area contributed by atoms with Crippen molar-refractivity contribution >= 4 is 12.4 Å². The molecule has 0 atom stereocenters. The van der Waals surface area contributed by atoms with Gasteiger partial charge in [0.1, 0.15) is 6.42 Å². The van der Waals surface area contributed by atoms with E-state index in [0.717, 1.165) is 0 Å². The van der Waals surface area contributed by atoms with E-state index in [9.17, 15) is 34.9 Å². The van der Waals surface area contributed by atoms with Crippen LogP contribution in [-0.2, 0) is 5.92 Å². The monoisotopic (exact) mass is 316 g/mol. The molecule has 0 unspecified atom stereocenters. The Balaban J connectivity index is 0.00000324. The standard InChI is InChI=1S/C9H6BF8.K/c11-8(12,5-9(13,14)15)6-1-3-7(4-2-6)10(16,17)18;/h1-4H,5H2;/q-1;+1. The van der Waals surface area contributed by atoms with E-state index in [4.69, 9.17) is 0 Å². The maximum absolute atomic E-state index is 13.1. The Morgan fingerprint density at radius 3 is 1.58 bits per heavy atom. The van der Waals surface area contributed by atoms with Gasteiger partial charge in [0.2, 0.25) is 0 Å². The number of rotatable bonds is 3. The van der Waals surface area contributed by atoms with E-state index >= 15 is 0 Å². The van der Waals surface area contributed by atoms with Gasteiger partial charge in [-0.1, -0.05) is 24.3 Å². The summed E-state index contributed by atoms with van der Waals surface area (Å²) < 4.78 is 98.3. The molecule has 0 heterocycles. The third kappa shape index (κ3) is 6.11. The van der Waals surface area contributed by atoms with Gasteiger partial charge >= 0.3 is 64.5 Å². The minimum atomic E-state index is -5.36. The molecule has 0 radical (unpaired) electrons. The van der Waals surface area contributed by atoms with Crippen molar-refractivity contribution in [3.63, 3.8) is 0 Å². The molecule has 102 valence electrons. The molecule has 1 aromatic carbocycles. The molecule has 10 heteroatoms. The van der Waals surface area contributed by atoms with E-state index in [1.165, 1.54) is 0 Å². The van der Waals surface area contributed by atoms with Crippen molar-refractivity contribution in [2.24, 2.45) is 0 Å². The van der Waals surface area contributed by atoms with Gasteiger partial charge in [0.15, 0.2) is 0 Å². The van der Waals surface area contributed by atoms with Crippen LogP contribution in [0.1, 0.15) is 12.0 Å². The molecule has 0 fully saturated rings. The zero-order chi connectivity index (χ0) is 14.2. The minimum Gasteiger partial charge on any atom is -0.445 e. The van der Waals surface area contributed by atoms with Gasteiger partial charge in [-0.3, -0.25) is 0 Å². The maximum atomic E-state index is 13.1. The quantitative estimate of drug-likeness (QED) is 0.571. The van der Waals surface area contributed by atoms with Crippen LogP contribution in [0.4, 0.5) is 34.9 Å². The van der Waals surface area contributed by atoms with E-state index in [2.05, 4.69) is 0 Å². The number of hydrogen-bond acceptors (Lipinski definition) is 0. The van der Waals surface area contributed by atoms with Crippen LogP contribution in [-0.4, -0.2) is 13.2 Å². The Kier molecular flexibility index (Phi) is 6.54. The van der Waals surface area contributed by atoms with Crippen LogP contribution >= 0.6 is 0 Å². The van der Waals surface area contributed by atoms with Crippen LogP contribution in [0.3, 0.4) is 0 Å². The zero-order valence-corrected chi connectivity index (χ0v) is 12.7. The summed E-state index contributed by atoms with van der Waals surface area (Å²) in [5.74, 6) is -4.24.